The smallest absolute Gasteiger partial charge is 0.255 e. The third-order valence-corrected chi connectivity index (χ3v) is 8.44. The van der Waals surface area contributed by atoms with Gasteiger partial charge in [-0.3, -0.25) is 9.59 Å². The van der Waals surface area contributed by atoms with Crippen LogP contribution >= 0.6 is 15.9 Å². The number of piperidine rings is 1. The van der Waals surface area contributed by atoms with Crippen LogP contribution in [-0.4, -0.2) is 37.5 Å². The van der Waals surface area contributed by atoms with Gasteiger partial charge < -0.3 is 5.32 Å². The summed E-state index contributed by atoms with van der Waals surface area (Å²) in [5, 5.41) is 2.80. The highest BCUT2D eigenvalue weighted by Gasteiger charge is 2.31. The van der Waals surface area contributed by atoms with Crippen molar-refractivity contribution >= 4 is 43.3 Å². The molecule has 1 aliphatic heterocycles. The maximum Gasteiger partial charge on any atom is 0.255 e. The predicted molar refractivity (Wildman–Crippen MR) is 140 cm³/mol. The van der Waals surface area contributed by atoms with Crippen LogP contribution in [0.15, 0.2) is 82.2 Å². The zero-order chi connectivity index (χ0) is 25.2. The lowest BCUT2D eigenvalue weighted by Gasteiger charge is -2.34. The summed E-state index contributed by atoms with van der Waals surface area (Å²) in [6, 6.07) is 19.8. The van der Waals surface area contributed by atoms with Crippen molar-refractivity contribution in [2.24, 2.45) is 11.8 Å². The molecular formula is C27H27BrN2O4S. The van der Waals surface area contributed by atoms with Gasteiger partial charge in [0.25, 0.3) is 5.91 Å². The molecule has 1 N–H and O–H groups in total. The minimum absolute atomic E-state index is 0.166. The van der Waals surface area contributed by atoms with Gasteiger partial charge >= 0.3 is 0 Å². The van der Waals surface area contributed by atoms with E-state index < -0.39 is 15.9 Å². The van der Waals surface area contributed by atoms with Gasteiger partial charge in [0.05, 0.1) is 10.6 Å². The molecule has 0 bridgehead atoms. The van der Waals surface area contributed by atoms with E-state index in [1.165, 1.54) is 28.6 Å². The lowest BCUT2D eigenvalue weighted by molar-refractivity contribution is 0.102. The molecule has 1 fully saturated rings. The monoisotopic (exact) mass is 554 g/mol. The molecule has 1 heterocycles. The van der Waals surface area contributed by atoms with E-state index in [0.717, 1.165) is 6.42 Å². The van der Waals surface area contributed by atoms with Crippen LogP contribution < -0.4 is 5.32 Å². The maximum atomic E-state index is 13.1. The molecule has 0 aliphatic carbocycles. The predicted octanol–water partition coefficient (Wildman–Crippen LogP) is 5.60. The molecule has 0 spiro atoms. The van der Waals surface area contributed by atoms with Crippen LogP contribution in [0.5, 0.6) is 0 Å². The van der Waals surface area contributed by atoms with Crippen molar-refractivity contribution in [2.45, 2.75) is 25.2 Å². The van der Waals surface area contributed by atoms with E-state index in [1.807, 2.05) is 6.07 Å². The van der Waals surface area contributed by atoms with E-state index in [-0.39, 0.29) is 10.7 Å². The topological polar surface area (TPSA) is 83.6 Å². The molecule has 0 aromatic heterocycles. The summed E-state index contributed by atoms with van der Waals surface area (Å²) in [4.78, 5) is 26.2. The number of rotatable bonds is 6. The molecule has 3 aromatic rings. The molecule has 4 rings (SSSR count). The molecule has 0 saturated carbocycles. The van der Waals surface area contributed by atoms with Crippen molar-refractivity contribution in [2.75, 3.05) is 18.4 Å². The molecule has 6 nitrogen and oxygen atoms in total. The normalized spacial score (nSPS) is 18.7. The van der Waals surface area contributed by atoms with Crippen molar-refractivity contribution in [1.82, 2.24) is 4.31 Å². The highest BCUT2D eigenvalue weighted by molar-refractivity contribution is 9.10. The summed E-state index contributed by atoms with van der Waals surface area (Å²) in [5.41, 5.74) is 1.54. The number of sulfonamides is 1. The molecule has 0 radical (unpaired) electrons. The Labute approximate surface area is 214 Å². The second-order valence-electron chi connectivity index (χ2n) is 9.13. The number of halogens is 1. The highest BCUT2D eigenvalue weighted by atomic mass is 79.9. The second kappa shape index (κ2) is 10.4. The van der Waals surface area contributed by atoms with Gasteiger partial charge in [0.2, 0.25) is 10.0 Å². The Morgan fingerprint density at radius 3 is 2.14 bits per heavy atom. The number of nitrogens with one attached hydrogen (secondary N) is 1. The van der Waals surface area contributed by atoms with E-state index in [1.54, 1.807) is 42.5 Å². The van der Waals surface area contributed by atoms with Gasteiger partial charge in [-0.25, -0.2) is 8.42 Å². The first-order valence-corrected chi connectivity index (χ1v) is 13.7. The molecule has 2 atom stereocenters. The molecule has 0 unspecified atom stereocenters. The Balaban J connectivity index is 1.54. The van der Waals surface area contributed by atoms with Crippen LogP contribution in [0.1, 0.15) is 46.5 Å². The fourth-order valence-electron chi connectivity index (χ4n) is 4.48. The number of nitrogens with zero attached hydrogens (tertiary/aromatic N) is 1. The van der Waals surface area contributed by atoms with Crippen molar-refractivity contribution in [3.05, 3.63) is 94.0 Å². The molecular weight excluding hydrogens is 528 g/mol. The van der Waals surface area contributed by atoms with E-state index >= 15 is 0 Å². The van der Waals surface area contributed by atoms with Crippen molar-refractivity contribution in [1.29, 1.82) is 0 Å². The largest absolute Gasteiger partial charge is 0.321 e. The van der Waals surface area contributed by atoms with Gasteiger partial charge in [0, 0.05) is 34.3 Å². The van der Waals surface area contributed by atoms with Crippen LogP contribution in [0.4, 0.5) is 5.69 Å². The summed E-state index contributed by atoms with van der Waals surface area (Å²) < 4.78 is 28.5. The van der Waals surface area contributed by atoms with Crippen molar-refractivity contribution < 1.29 is 18.0 Å². The van der Waals surface area contributed by atoms with Crippen LogP contribution in [0.2, 0.25) is 0 Å². The Morgan fingerprint density at radius 2 is 1.51 bits per heavy atom. The quantitative estimate of drug-likeness (QED) is 0.402. The lowest BCUT2D eigenvalue weighted by Crippen LogP contribution is -2.42. The first-order chi connectivity index (χ1) is 16.6. The highest BCUT2D eigenvalue weighted by Crippen LogP contribution is 2.28. The molecule has 35 heavy (non-hydrogen) atoms. The van der Waals surface area contributed by atoms with Gasteiger partial charge in [0.15, 0.2) is 5.78 Å². The summed E-state index contributed by atoms with van der Waals surface area (Å²) in [6.07, 6.45) is 1.01. The van der Waals surface area contributed by atoms with Gasteiger partial charge in [-0.2, -0.15) is 4.31 Å². The number of benzene rings is 3. The Kier molecular flexibility index (Phi) is 7.54. The number of amides is 1. The maximum absolute atomic E-state index is 13.1. The number of anilines is 1. The third-order valence-electron chi connectivity index (χ3n) is 6.10. The van der Waals surface area contributed by atoms with E-state index in [0.29, 0.717) is 51.8 Å². The van der Waals surface area contributed by atoms with Gasteiger partial charge in [0.1, 0.15) is 0 Å². The first-order valence-electron chi connectivity index (χ1n) is 11.5. The Morgan fingerprint density at radius 1 is 0.886 bits per heavy atom. The first kappa shape index (κ1) is 25.3. The fourth-order valence-corrected chi connectivity index (χ4v) is 6.52. The van der Waals surface area contributed by atoms with Crippen molar-refractivity contribution in [3.8, 4) is 0 Å². The van der Waals surface area contributed by atoms with E-state index in [4.69, 9.17) is 0 Å². The average Bonchev–Trinajstić information content (AvgIpc) is 2.84. The number of carbonyl (C=O) groups excluding carboxylic acids is 2. The molecule has 1 aliphatic rings. The molecule has 1 saturated heterocycles. The van der Waals surface area contributed by atoms with Crippen LogP contribution in [0.25, 0.3) is 0 Å². The summed E-state index contributed by atoms with van der Waals surface area (Å²) >= 11 is 3.39. The van der Waals surface area contributed by atoms with Crippen LogP contribution in [0.3, 0.4) is 0 Å². The van der Waals surface area contributed by atoms with Gasteiger partial charge in [-0.05, 0) is 60.7 Å². The minimum Gasteiger partial charge on any atom is -0.321 e. The average molecular weight is 555 g/mol. The Hall–Kier alpha value is -2.81. The summed E-state index contributed by atoms with van der Waals surface area (Å²) in [5.74, 6) is -0.0400. The second-order valence-corrected chi connectivity index (χ2v) is 12.0. The number of hydrogen-bond donors (Lipinski definition) is 1. The van der Waals surface area contributed by atoms with Gasteiger partial charge in [-0.1, -0.05) is 60.1 Å². The number of hydrogen-bond acceptors (Lipinski definition) is 4. The summed E-state index contributed by atoms with van der Waals surface area (Å²) in [7, 11) is -3.63. The fraction of sp³-hybridized carbons (Fsp3) is 0.259. The van der Waals surface area contributed by atoms with E-state index in [2.05, 4.69) is 35.1 Å². The van der Waals surface area contributed by atoms with Crippen LogP contribution in [-0.2, 0) is 10.0 Å². The lowest BCUT2D eigenvalue weighted by atomic mass is 9.94. The summed E-state index contributed by atoms with van der Waals surface area (Å²) in [6.45, 7) is 5.11. The number of ketones is 1. The van der Waals surface area contributed by atoms with Crippen LogP contribution in [0, 0.1) is 11.8 Å². The Bertz CT molecular complexity index is 1330. The molecule has 182 valence electrons. The standard InChI is InChI=1S/C27H27BrN2O4S/c1-18-14-19(2)17-30(16-18)35(33,34)23-11-8-21(9-12-23)27(32)29-25-13-10-22(28)15-24(25)26(31)20-6-4-3-5-7-20/h3-13,15,18-19H,14,16-17H2,1-2H3,(H,29,32)/t18-,19-/m0/s1. The zero-order valence-electron chi connectivity index (χ0n) is 19.6. The zero-order valence-corrected chi connectivity index (χ0v) is 22.0. The molecule has 8 heteroatoms. The van der Waals surface area contributed by atoms with Crippen molar-refractivity contribution in [3.63, 3.8) is 0 Å². The SMILES string of the molecule is C[C@H]1C[C@H](C)CN(S(=O)(=O)c2ccc(C(=O)Nc3ccc(Br)cc3C(=O)c3ccccc3)cc2)C1. The molecule has 1 amide bonds. The van der Waals surface area contributed by atoms with E-state index in [9.17, 15) is 18.0 Å². The third kappa shape index (κ3) is 5.72. The van der Waals surface area contributed by atoms with Gasteiger partial charge in [-0.15, -0.1) is 0 Å². The number of carbonyl (C=O) groups is 2. The minimum atomic E-state index is -3.63. The molecule has 3 aromatic carbocycles.